The van der Waals surface area contributed by atoms with Crippen LogP contribution in [0.15, 0.2) is 0 Å². The van der Waals surface area contributed by atoms with Crippen molar-refractivity contribution in [1.29, 1.82) is 0 Å². The minimum Gasteiger partial charge on any atom is -0.344 e. The third-order valence-corrected chi connectivity index (χ3v) is 4.72. The molecule has 3 rings (SSSR count). The van der Waals surface area contributed by atoms with Crippen LogP contribution in [-0.4, -0.2) is 23.4 Å². The summed E-state index contributed by atoms with van der Waals surface area (Å²) in [7, 11) is 0. The van der Waals surface area contributed by atoms with Crippen LogP contribution in [0, 0.1) is 29.1 Å². The molecular weight excluding hydrogens is 361 g/mol. The largest absolute Gasteiger partial charge is 0.344 e. The van der Waals surface area contributed by atoms with Crippen LogP contribution < -0.4 is 5.32 Å². The minimum atomic E-state index is -2.29. The minimum absolute atomic E-state index is 0.211. The summed E-state index contributed by atoms with van der Waals surface area (Å²) in [5.74, 6) is -12.8. The molecule has 0 radical (unpaired) electrons. The van der Waals surface area contributed by atoms with E-state index in [9.17, 15) is 26.7 Å². The lowest BCUT2D eigenvalue weighted by molar-refractivity contribution is -0.172. The number of nitrogens with one attached hydrogen (secondary N) is 1. The van der Waals surface area contributed by atoms with E-state index < -0.39 is 58.2 Å². The SMILES string of the molecule is CC1(C)O[C@@H]2CCCCC[C@]2(C(=O)Nc2c(F)c(F)c(F)c(F)c2F)O1. The fourth-order valence-electron chi connectivity index (χ4n) is 3.60. The molecule has 0 spiro atoms. The maximum atomic E-state index is 13.9. The summed E-state index contributed by atoms with van der Waals surface area (Å²) in [5, 5.41) is 1.84. The average Bonchev–Trinajstić information content (AvgIpc) is 2.71. The Morgan fingerprint density at radius 2 is 1.54 bits per heavy atom. The number of carbonyl (C=O) groups is 1. The predicted octanol–water partition coefficient (Wildman–Crippen LogP) is 4.18. The van der Waals surface area contributed by atoms with Crippen LogP contribution in [0.3, 0.4) is 0 Å². The first-order chi connectivity index (χ1) is 12.1. The monoisotopic (exact) mass is 379 g/mol. The number of ether oxygens (including phenoxy) is 2. The van der Waals surface area contributed by atoms with Crippen LogP contribution in [0.1, 0.15) is 46.0 Å². The Morgan fingerprint density at radius 3 is 2.15 bits per heavy atom. The highest BCUT2D eigenvalue weighted by Gasteiger charge is 2.58. The quantitative estimate of drug-likeness (QED) is 0.477. The van der Waals surface area contributed by atoms with Crippen molar-refractivity contribution in [3.63, 3.8) is 0 Å². The zero-order valence-electron chi connectivity index (χ0n) is 14.2. The van der Waals surface area contributed by atoms with Gasteiger partial charge in [-0.1, -0.05) is 12.8 Å². The second kappa shape index (κ2) is 6.45. The molecule has 1 heterocycles. The molecule has 1 N–H and O–H groups in total. The van der Waals surface area contributed by atoms with Gasteiger partial charge in [-0.2, -0.15) is 0 Å². The Balaban J connectivity index is 1.99. The Labute approximate surface area is 146 Å². The second-order valence-corrected chi connectivity index (χ2v) is 7.00. The summed E-state index contributed by atoms with van der Waals surface area (Å²) >= 11 is 0. The van der Waals surface area contributed by atoms with Crippen molar-refractivity contribution < 1.29 is 36.2 Å². The van der Waals surface area contributed by atoms with Crippen molar-refractivity contribution in [2.75, 3.05) is 5.32 Å². The number of hydrogen-bond donors (Lipinski definition) is 1. The van der Waals surface area contributed by atoms with Gasteiger partial charge in [0.15, 0.2) is 34.7 Å². The van der Waals surface area contributed by atoms with E-state index in [0.29, 0.717) is 12.8 Å². The molecule has 2 aliphatic rings. The van der Waals surface area contributed by atoms with Crippen molar-refractivity contribution in [3.8, 4) is 0 Å². The molecule has 2 fully saturated rings. The number of anilines is 1. The number of carbonyl (C=O) groups excluding carboxylic acids is 1. The van der Waals surface area contributed by atoms with E-state index in [1.54, 1.807) is 13.8 Å². The van der Waals surface area contributed by atoms with Crippen molar-refractivity contribution in [1.82, 2.24) is 0 Å². The highest BCUT2D eigenvalue weighted by atomic mass is 19.2. The summed E-state index contributed by atoms with van der Waals surface area (Å²) < 4.78 is 79.2. The fourth-order valence-corrected chi connectivity index (χ4v) is 3.60. The number of benzene rings is 1. The van der Waals surface area contributed by atoms with Gasteiger partial charge in [-0.25, -0.2) is 22.0 Å². The molecular formula is C17H18F5NO3. The molecule has 1 aromatic carbocycles. The van der Waals surface area contributed by atoms with Gasteiger partial charge in [0, 0.05) is 0 Å². The summed E-state index contributed by atoms with van der Waals surface area (Å²) in [6.45, 7) is 3.18. The van der Waals surface area contributed by atoms with Gasteiger partial charge in [-0.15, -0.1) is 0 Å². The third kappa shape index (κ3) is 2.96. The number of rotatable bonds is 2. The highest BCUT2D eigenvalue weighted by Crippen LogP contribution is 2.45. The molecule has 1 aliphatic heterocycles. The van der Waals surface area contributed by atoms with E-state index in [1.165, 1.54) is 0 Å². The third-order valence-electron chi connectivity index (χ3n) is 4.72. The van der Waals surface area contributed by atoms with E-state index in [0.717, 1.165) is 12.8 Å². The van der Waals surface area contributed by atoms with Gasteiger partial charge in [0.1, 0.15) is 5.69 Å². The van der Waals surface area contributed by atoms with Crippen molar-refractivity contribution >= 4 is 11.6 Å². The topological polar surface area (TPSA) is 47.6 Å². The zero-order chi connectivity index (χ0) is 19.3. The second-order valence-electron chi connectivity index (χ2n) is 7.00. The molecule has 1 amide bonds. The van der Waals surface area contributed by atoms with E-state index in [1.807, 2.05) is 5.32 Å². The summed E-state index contributed by atoms with van der Waals surface area (Å²) in [6, 6.07) is 0. The van der Waals surface area contributed by atoms with E-state index >= 15 is 0 Å². The molecule has 26 heavy (non-hydrogen) atoms. The van der Waals surface area contributed by atoms with Gasteiger partial charge >= 0.3 is 0 Å². The average molecular weight is 379 g/mol. The number of hydrogen-bond acceptors (Lipinski definition) is 3. The first kappa shape index (κ1) is 19.0. The first-order valence-electron chi connectivity index (χ1n) is 8.30. The molecule has 1 saturated heterocycles. The van der Waals surface area contributed by atoms with Gasteiger partial charge in [0.2, 0.25) is 5.82 Å². The first-order valence-corrected chi connectivity index (χ1v) is 8.30. The van der Waals surface area contributed by atoms with Crippen LogP contribution in [0.4, 0.5) is 27.6 Å². The summed E-state index contributed by atoms with van der Waals surface area (Å²) in [6.07, 6.45) is 2.18. The molecule has 9 heteroatoms. The Hall–Kier alpha value is -1.74. The van der Waals surface area contributed by atoms with Gasteiger partial charge in [-0.3, -0.25) is 4.79 Å². The Kier molecular flexibility index (Phi) is 4.72. The molecule has 0 aromatic heterocycles. The van der Waals surface area contributed by atoms with Gasteiger partial charge < -0.3 is 14.8 Å². The molecule has 1 aliphatic carbocycles. The van der Waals surface area contributed by atoms with E-state index in [4.69, 9.17) is 9.47 Å². The smallest absolute Gasteiger partial charge is 0.259 e. The van der Waals surface area contributed by atoms with Gasteiger partial charge in [-0.05, 0) is 33.1 Å². The Morgan fingerprint density at radius 1 is 0.962 bits per heavy atom. The van der Waals surface area contributed by atoms with Crippen LogP contribution in [-0.2, 0) is 14.3 Å². The van der Waals surface area contributed by atoms with Gasteiger partial charge in [0.05, 0.1) is 6.10 Å². The predicted molar refractivity (Wildman–Crippen MR) is 80.7 cm³/mol. The summed E-state index contributed by atoms with van der Waals surface area (Å²) in [5.41, 5.74) is -2.95. The standard InChI is InChI=1S/C17H18F5NO3/c1-16(2)25-8-6-4-3-5-7-17(8,26-16)15(24)23-14-12(21)10(19)9(18)11(20)13(14)22/h8H,3-7H2,1-2H3,(H,23,24)/t8-,17+/m1/s1. The van der Waals surface area contributed by atoms with Crippen LogP contribution in [0.2, 0.25) is 0 Å². The van der Waals surface area contributed by atoms with Crippen molar-refractivity contribution in [3.05, 3.63) is 29.1 Å². The van der Waals surface area contributed by atoms with Crippen LogP contribution in [0.25, 0.3) is 0 Å². The zero-order valence-corrected chi connectivity index (χ0v) is 14.2. The number of fused-ring (bicyclic) bond motifs is 1. The Bertz CT molecular complexity index is 725. The highest BCUT2D eigenvalue weighted by molar-refractivity contribution is 5.98. The molecule has 0 bridgehead atoms. The maximum Gasteiger partial charge on any atom is 0.259 e. The van der Waals surface area contributed by atoms with E-state index in [2.05, 4.69) is 0 Å². The number of amides is 1. The molecule has 1 aromatic rings. The van der Waals surface area contributed by atoms with Gasteiger partial charge in [0.25, 0.3) is 5.91 Å². The van der Waals surface area contributed by atoms with Crippen LogP contribution in [0.5, 0.6) is 0 Å². The number of halogens is 5. The molecule has 4 nitrogen and oxygen atoms in total. The van der Waals surface area contributed by atoms with Crippen molar-refractivity contribution in [2.45, 2.75) is 63.4 Å². The lowest BCUT2D eigenvalue weighted by Crippen LogP contribution is -2.51. The lowest BCUT2D eigenvalue weighted by atomic mass is 9.90. The van der Waals surface area contributed by atoms with Crippen LogP contribution >= 0.6 is 0 Å². The fraction of sp³-hybridized carbons (Fsp3) is 0.588. The molecule has 2 atom stereocenters. The lowest BCUT2D eigenvalue weighted by Gasteiger charge is -2.30. The molecule has 144 valence electrons. The normalized spacial score (nSPS) is 27.7. The van der Waals surface area contributed by atoms with Crippen molar-refractivity contribution in [2.24, 2.45) is 0 Å². The van der Waals surface area contributed by atoms with E-state index in [-0.39, 0.29) is 6.42 Å². The molecule has 1 saturated carbocycles. The maximum absolute atomic E-state index is 13.9. The molecule has 0 unspecified atom stereocenters. The summed E-state index contributed by atoms with van der Waals surface area (Å²) in [4.78, 5) is 12.8.